The van der Waals surface area contributed by atoms with E-state index >= 15 is 0 Å². The second kappa shape index (κ2) is 4.91. The highest BCUT2D eigenvalue weighted by atomic mass is 16.6. The molecule has 0 N–H and O–H groups in total. The van der Waals surface area contributed by atoms with Crippen LogP contribution in [0.2, 0.25) is 0 Å². The molecule has 112 valence electrons. The summed E-state index contributed by atoms with van der Waals surface area (Å²) in [6.45, 7) is 7.72. The number of fused-ring (bicyclic) bond motifs is 2. The van der Waals surface area contributed by atoms with Gasteiger partial charge in [-0.25, -0.2) is 0 Å². The molecule has 0 saturated carbocycles. The van der Waals surface area contributed by atoms with Crippen molar-refractivity contribution in [3.05, 3.63) is 52.1 Å². The summed E-state index contributed by atoms with van der Waals surface area (Å²) < 4.78 is 11.9. The van der Waals surface area contributed by atoms with Gasteiger partial charge in [-0.2, -0.15) is 0 Å². The summed E-state index contributed by atoms with van der Waals surface area (Å²) in [6, 6.07) is 8.84. The van der Waals surface area contributed by atoms with E-state index in [4.69, 9.17) is 9.47 Å². The van der Waals surface area contributed by atoms with Crippen molar-refractivity contribution in [2.45, 2.75) is 27.2 Å². The third-order valence-electron chi connectivity index (χ3n) is 4.33. The van der Waals surface area contributed by atoms with Crippen LogP contribution in [0.4, 0.5) is 0 Å². The van der Waals surface area contributed by atoms with Crippen LogP contribution in [-0.4, -0.2) is 13.2 Å². The lowest BCUT2D eigenvalue weighted by atomic mass is 9.93. The summed E-state index contributed by atoms with van der Waals surface area (Å²) in [5.41, 5.74) is 9.00. The Hall–Kier alpha value is -2.22. The number of aryl methyl sites for hydroxylation is 2. The molecule has 0 fully saturated rings. The predicted molar refractivity (Wildman–Crippen MR) is 89.7 cm³/mol. The second-order valence-electron chi connectivity index (χ2n) is 6.39. The molecule has 2 nitrogen and oxygen atoms in total. The lowest BCUT2D eigenvalue weighted by Crippen LogP contribution is -2.16. The zero-order valence-corrected chi connectivity index (χ0v) is 13.3. The quantitative estimate of drug-likeness (QED) is 0.758. The Balaban J connectivity index is 2.03. The molecule has 1 aliphatic heterocycles. The van der Waals surface area contributed by atoms with Gasteiger partial charge in [0.25, 0.3) is 0 Å². The highest BCUT2D eigenvalue weighted by Gasteiger charge is 2.25. The number of benzene rings is 2. The molecule has 1 heterocycles. The predicted octanol–water partition coefficient (Wildman–Crippen LogP) is 4.70. The monoisotopic (exact) mass is 292 g/mol. The molecule has 0 saturated heterocycles. The van der Waals surface area contributed by atoms with E-state index in [1.807, 2.05) is 0 Å². The van der Waals surface area contributed by atoms with E-state index < -0.39 is 0 Å². The average molecular weight is 292 g/mol. The lowest BCUT2D eigenvalue weighted by Gasteiger charge is -2.24. The molecule has 0 bridgehead atoms. The molecule has 0 atom stereocenters. The van der Waals surface area contributed by atoms with Crippen molar-refractivity contribution in [1.29, 1.82) is 0 Å². The van der Waals surface area contributed by atoms with E-state index in [1.165, 1.54) is 39.0 Å². The van der Waals surface area contributed by atoms with Crippen LogP contribution < -0.4 is 9.47 Å². The van der Waals surface area contributed by atoms with E-state index in [9.17, 15) is 0 Å². The van der Waals surface area contributed by atoms with Crippen molar-refractivity contribution in [2.75, 3.05) is 13.2 Å². The smallest absolute Gasteiger partial charge is 0.169 e. The molecule has 2 aromatic rings. The Bertz CT molecular complexity index is 780. The van der Waals surface area contributed by atoms with E-state index in [2.05, 4.69) is 51.1 Å². The molecule has 1 aliphatic carbocycles. The summed E-state index contributed by atoms with van der Waals surface area (Å²) in [5.74, 6) is 1.79. The summed E-state index contributed by atoms with van der Waals surface area (Å²) >= 11 is 0. The standard InChI is InChI=1S/C20H20O2/c1-12-6-13(2)9-16(8-12)19-17-10-14(3)7-15(17)11-18-20(19)22-5-4-21-18/h6,8-11H,4-5,7H2,1-3H3. The lowest BCUT2D eigenvalue weighted by molar-refractivity contribution is 0.172. The minimum Gasteiger partial charge on any atom is -0.486 e. The van der Waals surface area contributed by atoms with Gasteiger partial charge < -0.3 is 9.47 Å². The summed E-state index contributed by atoms with van der Waals surface area (Å²) in [5, 5.41) is 0. The molecule has 2 aliphatic rings. The number of hydrogen-bond donors (Lipinski definition) is 0. The first-order valence-electron chi connectivity index (χ1n) is 7.83. The van der Waals surface area contributed by atoms with Crippen molar-refractivity contribution < 1.29 is 9.47 Å². The van der Waals surface area contributed by atoms with E-state index in [0.29, 0.717) is 13.2 Å². The molecule has 4 rings (SSSR count). The minimum absolute atomic E-state index is 0.617. The number of allylic oxidation sites excluding steroid dienone is 1. The van der Waals surface area contributed by atoms with Gasteiger partial charge in [0.15, 0.2) is 11.5 Å². The molecule has 2 aromatic carbocycles. The van der Waals surface area contributed by atoms with Crippen LogP contribution in [0.1, 0.15) is 29.2 Å². The maximum Gasteiger partial charge on any atom is 0.169 e. The van der Waals surface area contributed by atoms with Crippen molar-refractivity contribution in [3.63, 3.8) is 0 Å². The minimum atomic E-state index is 0.617. The van der Waals surface area contributed by atoms with Gasteiger partial charge in [0, 0.05) is 5.56 Å². The van der Waals surface area contributed by atoms with Crippen LogP contribution in [0, 0.1) is 13.8 Å². The highest BCUT2D eigenvalue weighted by Crippen LogP contribution is 2.47. The number of hydrogen-bond acceptors (Lipinski definition) is 2. The summed E-state index contributed by atoms with van der Waals surface area (Å²) in [6.07, 6.45) is 3.30. The topological polar surface area (TPSA) is 18.5 Å². The van der Waals surface area contributed by atoms with Crippen LogP contribution in [0.15, 0.2) is 29.8 Å². The Morgan fingerprint density at radius 2 is 1.59 bits per heavy atom. The van der Waals surface area contributed by atoms with Gasteiger partial charge in [-0.1, -0.05) is 41.0 Å². The third kappa shape index (κ3) is 2.10. The first-order chi connectivity index (χ1) is 10.6. The second-order valence-corrected chi connectivity index (χ2v) is 6.39. The zero-order chi connectivity index (χ0) is 15.3. The van der Waals surface area contributed by atoms with Gasteiger partial charge in [0.05, 0.1) is 0 Å². The Labute approximate surface area is 131 Å². The van der Waals surface area contributed by atoms with Gasteiger partial charge in [0.2, 0.25) is 0 Å². The maximum atomic E-state index is 5.99. The third-order valence-corrected chi connectivity index (χ3v) is 4.33. The largest absolute Gasteiger partial charge is 0.486 e. The first kappa shape index (κ1) is 13.4. The van der Waals surface area contributed by atoms with Gasteiger partial charge in [0.1, 0.15) is 13.2 Å². The van der Waals surface area contributed by atoms with Crippen molar-refractivity contribution >= 4 is 6.08 Å². The first-order valence-corrected chi connectivity index (χ1v) is 7.83. The molecule has 2 heteroatoms. The van der Waals surface area contributed by atoms with Crippen LogP contribution in [0.3, 0.4) is 0 Å². The van der Waals surface area contributed by atoms with Crippen molar-refractivity contribution in [1.82, 2.24) is 0 Å². The normalized spacial score (nSPS) is 15.5. The fourth-order valence-corrected chi connectivity index (χ4v) is 3.57. The van der Waals surface area contributed by atoms with Crippen molar-refractivity contribution in [3.8, 4) is 22.6 Å². The zero-order valence-electron chi connectivity index (χ0n) is 13.3. The fraction of sp³-hybridized carbons (Fsp3) is 0.300. The Kier molecular flexibility index (Phi) is 3.00. The van der Waals surface area contributed by atoms with Gasteiger partial charge >= 0.3 is 0 Å². The fourth-order valence-electron chi connectivity index (χ4n) is 3.57. The van der Waals surface area contributed by atoms with E-state index in [-0.39, 0.29) is 0 Å². The van der Waals surface area contributed by atoms with Crippen LogP contribution in [0.25, 0.3) is 17.2 Å². The molecular weight excluding hydrogens is 272 g/mol. The number of ether oxygens (including phenoxy) is 2. The molecule has 0 unspecified atom stereocenters. The molecule has 0 spiro atoms. The van der Waals surface area contributed by atoms with Crippen LogP contribution in [-0.2, 0) is 6.42 Å². The molecular formula is C20H20O2. The van der Waals surface area contributed by atoms with Crippen LogP contribution >= 0.6 is 0 Å². The van der Waals surface area contributed by atoms with Gasteiger partial charge in [-0.15, -0.1) is 0 Å². The van der Waals surface area contributed by atoms with E-state index in [1.54, 1.807) is 0 Å². The average Bonchev–Trinajstić information content (AvgIpc) is 2.82. The Morgan fingerprint density at radius 3 is 2.36 bits per heavy atom. The maximum absolute atomic E-state index is 5.99. The summed E-state index contributed by atoms with van der Waals surface area (Å²) in [4.78, 5) is 0. The summed E-state index contributed by atoms with van der Waals surface area (Å²) in [7, 11) is 0. The molecule has 0 amide bonds. The molecule has 0 radical (unpaired) electrons. The van der Waals surface area contributed by atoms with Crippen molar-refractivity contribution in [2.24, 2.45) is 0 Å². The van der Waals surface area contributed by atoms with Crippen LogP contribution in [0.5, 0.6) is 11.5 Å². The highest BCUT2D eigenvalue weighted by molar-refractivity contribution is 5.87. The molecule has 22 heavy (non-hydrogen) atoms. The Morgan fingerprint density at radius 1 is 0.864 bits per heavy atom. The van der Waals surface area contributed by atoms with Gasteiger partial charge in [-0.05, 0) is 49.9 Å². The number of rotatable bonds is 1. The molecule has 0 aromatic heterocycles. The SMILES string of the molecule is CC1=Cc2c(cc3c(c2-c2cc(C)cc(C)c2)OCCO3)C1. The van der Waals surface area contributed by atoms with Gasteiger partial charge in [-0.3, -0.25) is 0 Å². The van der Waals surface area contributed by atoms with E-state index in [0.717, 1.165) is 17.9 Å².